The van der Waals surface area contributed by atoms with E-state index in [2.05, 4.69) is 30.4 Å². The van der Waals surface area contributed by atoms with E-state index in [1.54, 1.807) is 70.5 Å². The van der Waals surface area contributed by atoms with Gasteiger partial charge < -0.3 is 9.47 Å². The van der Waals surface area contributed by atoms with Crippen molar-refractivity contribution in [1.82, 2.24) is 39.6 Å². The normalized spacial score (nSPS) is 14.9. The Balaban J connectivity index is 1.44. The first-order valence-electron chi connectivity index (χ1n) is 10.9. The lowest BCUT2D eigenvalue weighted by atomic mass is 10.3. The summed E-state index contributed by atoms with van der Waals surface area (Å²) in [6, 6.07) is 0. The van der Waals surface area contributed by atoms with E-state index in [1.807, 2.05) is 27.7 Å². The number of aryl methyl sites for hydroxylation is 4. The quantitative estimate of drug-likeness (QED) is 0.320. The van der Waals surface area contributed by atoms with Crippen LogP contribution < -0.4 is 19.9 Å². The van der Waals surface area contributed by atoms with Crippen molar-refractivity contribution in [3.8, 4) is 11.5 Å². The Morgan fingerprint density at radius 3 is 1.25 bits per heavy atom. The first-order valence-corrected chi connectivity index (χ1v) is 14.2. The van der Waals surface area contributed by atoms with E-state index in [0.29, 0.717) is 11.6 Å². The number of hydrogen-bond acceptors (Lipinski definition) is 12. The summed E-state index contributed by atoms with van der Waals surface area (Å²) in [4.78, 5) is 13.4. The van der Waals surface area contributed by atoms with Gasteiger partial charge in [-0.15, -0.1) is 19.5 Å². The molecule has 10 nitrogen and oxygen atoms in total. The zero-order valence-corrected chi connectivity index (χ0v) is 23.3. The SMILES string of the molecule is COc1c2c(c(OC)c3c1SC(=c1c(C)nn4nc(C)nc14)S3)SC(=c1c(C)nn3nc(C)nc13)S2. The third-order valence-electron chi connectivity index (χ3n) is 5.89. The predicted octanol–water partition coefficient (Wildman–Crippen LogP) is 3.18. The summed E-state index contributed by atoms with van der Waals surface area (Å²) in [6.07, 6.45) is 0. The molecule has 2 aliphatic heterocycles. The molecule has 14 heteroatoms. The molecular weight excluding hydrogens is 537 g/mol. The first kappa shape index (κ1) is 22.5. The summed E-state index contributed by atoms with van der Waals surface area (Å²) in [7, 11) is 3.44. The summed E-state index contributed by atoms with van der Waals surface area (Å²) in [5.41, 5.74) is 3.32. The Morgan fingerprint density at radius 2 is 0.917 bits per heavy atom. The highest BCUT2D eigenvalue weighted by Gasteiger charge is 2.37. The van der Waals surface area contributed by atoms with Crippen LogP contribution in [-0.4, -0.2) is 53.8 Å². The van der Waals surface area contributed by atoms with Crippen LogP contribution >= 0.6 is 47.0 Å². The number of aromatic nitrogens is 8. The minimum absolute atomic E-state index is 0.698. The molecule has 0 unspecified atom stereocenters. The summed E-state index contributed by atoms with van der Waals surface area (Å²) >= 11 is 6.68. The topological polar surface area (TPSA) is 105 Å². The van der Waals surface area contributed by atoms with Gasteiger partial charge >= 0.3 is 0 Å². The zero-order valence-electron chi connectivity index (χ0n) is 20.0. The van der Waals surface area contributed by atoms with Gasteiger partial charge in [-0.25, -0.2) is 9.97 Å². The molecular formula is C22H18N8O2S4. The molecule has 0 bridgehead atoms. The second kappa shape index (κ2) is 7.91. The Hall–Kier alpha value is -2.68. The van der Waals surface area contributed by atoms with Gasteiger partial charge in [-0.1, -0.05) is 47.0 Å². The molecule has 6 heterocycles. The van der Waals surface area contributed by atoms with Gasteiger partial charge in [0.15, 0.2) is 11.3 Å². The van der Waals surface area contributed by atoms with Crippen molar-refractivity contribution in [3.05, 3.63) is 33.5 Å². The Morgan fingerprint density at radius 1 is 0.556 bits per heavy atom. The van der Waals surface area contributed by atoms with Gasteiger partial charge in [-0.05, 0) is 27.7 Å². The van der Waals surface area contributed by atoms with E-state index in [-0.39, 0.29) is 0 Å². The minimum atomic E-state index is 0.698. The van der Waals surface area contributed by atoms with Crippen LogP contribution in [-0.2, 0) is 0 Å². The smallest absolute Gasteiger partial charge is 0.187 e. The summed E-state index contributed by atoms with van der Waals surface area (Å²) in [6.45, 7) is 7.73. The van der Waals surface area contributed by atoms with Crippen molar-refractivity contribution < 1.29 is 9.47 Å². The number of fused-ring (bicyclic) bond motifs is 4. The molecule has 4 aromatic heterocycles. The van der Waals surface area contributed by atoms with E-state index >= 15 is 0 Å². The maximum Gasteiger partial charge on any atom is 0.187 e. The van der Waals surface area contributed by atoms with Crippen molar-refractivity contribution in [2.45, 2.75) is 47.3 Å². The van der Waals surface area contributed by atoms with Crippen LogP contribution in [0.3, 0.4) is 0 Å². The molecule has 0 saturated heterocycles. The van der Waals surface area contributed by atoms with Crippen LogP contribution in [0.5, 0.6) is 11.5 Å². The van der Waals surface area contributed by atoms with Gasteiger partial charge in [-0.2, -0.15) is 10.2 Å². The lowest BCUT2D eigenvalue weighted by Gasteiger charge is -2.14. The molecule has 7 rings (SSSR count). The standard InChI is InChI=1S/C22H18N8O2S4/c1-7-11(19-23-9(3)27-29(19)25-7)21-33-15-13(31-5)17-18(14(32-6)16(15)34-21)36-22(35-17)12-8(2)26-30-20(12)24-10(4)28-30/h1-6H3. The molecule has 0 fully saturated rings. The molecule has 0 radical (unpaired) electrons. The van der Waals surface area contributed by atoms with Crippen LogP contribution in [0.25, 0.3) is 19.8 Å². The van der Waals surface area contributed by atoms with E-state index in [9.17, 15) is 0 Å². The highest BCUT2D eigenvalue weighted by Crippen LogP contribution is 2.68. The van der Waals surface area contributed by atoms with Crippen LogP contribution in [0.15, 0.2) is 19.6 Å². The van der Waals surface area contributed by atoms with Crippen LogP contribution in [0, 0.1) is 27.7 Å². The molecule has 2 aliphatic rings. The maximum absolute atomic E-state index is 6.03. The summed E-state index contributed by atoms with van der Waals surface area (Å²) < 4.78 is 17.5. The van der Waals surface area contributed by atoms with Crippen molar-refractivity contribution in [2.75, 3.05) is 14.2 Å². The predicted molar refractivity (Wildman–Crippen MR) is 141 cm³/mol. The number of ether oxygens (including phenoxy) is 2. The average molecular weight is 555 g/mol. The van der Waals surface area contributed by atoms with Crippen molar-refractivity contribution in [1.29, 1.82) is 0 Å². The van der Waals surface area contributed by atoms with Gasteiger partial charge in [0.25, 0.3) is 0 Å². The molecule has 0 atom stereocenters. The van der Waals surface area contributed by atoms with Gasteiger partial charge in [0, 0.05) is 0 Å². The van der Waals surface area contributed by atoms with Gasteiger partial charge in [0.1, 0.15) is 23.1 Å². The van der Waals surface area contributed by atoms with E-state index in [0.717, 1.165) is 72.7 Å². The van der Waals surface area contributed by atoms with E-state index < -0.39 is 0 Å². The fourth-order valence-corrected chi connectivity index (χ4v) is 10.3. The Kier molecular flexibility index (Phi) is 4.94. The molecule has 0 saturated carbocycles. The molecule has 0 amide bonds. The number of nitrogens with zero attached hydrogens (tertiary/aromatic N) is 8. The molecule has 0 N–H and O–H groups in total. The van der Waals surface area contributed by atoms with Crippen molar-refractivity contribution in [3.63, 3.8) is 0 Å². The Labute approximate surface area is 221 Å². The number of benzene rings is 1. The number of rotatable bonds is 2. The minimum Gasteiger partial charge on any atom is -0.494 e. The zero-order chi connectivity index (χ0) is 24.9. The lowest BCUT2D eigenvalue weighted by Crippen LogP contribution is -2.05. The van der Waals surface area contributed by atoms with E-state index in [1.165, 1.54) is 0 Å². The average Bonchev–Trinajstić information content (AvgIpc) is 3.63. The molecule has 0 aliphatic carbocycles. The van der Waals surface area contributed by atoms with Crippen LogP contribution in [0.2, 0.25) is 0 Å². The fourth-order valence-electron chi connectivity index (χ4n) is 4.42. The van der Waals surface area contributed by atoms with Crippen molar-refractivity contribution >= 4 is 66.8 Å². The van der Waals surface area contributed by atoms with E-state index in [4.69, 9.17) is 9.47 Å². The largest absolute Gasteiger partial charge is 0.494 e. The monoisotopic (exact) mass is 554 g/mol. The molecule has 182 valence electrons. The molecule has 5 aromatic rings. The van der Waals surface area contributed by atoms with Crippen LogP contribution in [0.4, 0.5) is 0 Å². The highest BCUT2D eigenvalue weighted by atomic mass is 32.2. The third-order valence-corrected chi connectivity index (χ3v) is 11.1. The van der Waals surface area contributed by atoms with Gasteiger partial charge in [0.05, 0.1) is 64.1 Å². The summed E-state index contributed by atoms with van der Waals surface area (Å²) in [5, 5.41) is 19.9. The molecule has 1 aromatic carbocycles. The number of hydrogen-bond donors (Lipinski definition) is 0. The van der Waals surface area contributed by atoms with Gasteiger partial charge in [-0.3, -0.25) is 0 Å². The fraction of sp³-hybridized carbons (Fsp3) is 0.273. The third kappa shape index (κ3) is 3.04. The Bertz CT molecular complexity index is 1700. The second-order valence-corrected chi connectivity index (χ2v) is 12.8. The number of methoxy groups -OCH3 is 2. The van der Waals surface area contributed by atoms with Gasteiger partial charge in [0.2, 0.25) is 0 Å². The second-order valence-electron chi connectivity index (χ2n) is 8.23. The first-order chi connectivity index (χ1) is 17.4. The van der Waals surface area contributed by atoms with Crippen LogP contribution in [0.1, 0.15) is 23.0 Å². The summed E-state index contributed by atoms with van der Waals surface area (Å²) in [5.74, 6) is 3.09. The van der Waals surface area contributed by atoms with Crippen molar-refractivity contribution in [2.24, 2.45) is 0 Å². The lowest BCUT2D eigenvalue weighted by molar-refractivity contribution is 0.365. The number of thioether (sulfide) groups is 4. The molecule has 36 heavy (non-hydrogen) atoms. The highest BCUT2D eigenvalue weighted by molar-refractivity contribution is 8.33. The maximum atomic E-state index is 6.03. The molecule has 0 spiro atoms.